The van der Waals surface area contributed by atoms with E-state index >= 15 is 0 Å². The molecule has 0 amide bonds. The fourth-order valence-corrected chi connectivity index (χ4v) is 2.05. The van der Waals surface area contributed by atoms with Crippen LogP contribution in [0.2, 0.25) is 0 Å². The second-order valence-electron chi connectivity index (χ2n) is 3.43. The first-order valence-corrected chi connectivity index (χ1v) is 5.60. The van der Waals surface area contributed by atoms with Gasteiger partial charge in [0.05, 0.1) is 17.7 Å². The van der Waals surface area contributed by atoms with Crippen LogP contribution < -0.4 is 0 Å². The number of aromatic nitrogens is 1. The molecule has 1 aromatic rings. The summed E-state index contributed by atoms with van der Waals surface area (Å²) < 4.78 is 0. The Balaban J connectivity index is 2.45. The third-order valence-electron chi connectivity index (χ3n) is 2.10. The third-order valence-corrected chi connectivity index (χ3v) is 3.02. The molecule has 0 aliphatic heterocycles. The Kier molecular flexibility index (Phi) is 4.22. The summed E-state index contributed by atoms with van der Waals surface area (Å²) in [7, 11) is 1.96. The number of ketones is 1. The van der Waals surface area contributed by atoms with E-state index in [9.17, 15) is 4.79 Å². The highest BCUT2D eigenvalue weighted by Gasteiger charge is 2.08. The van der Waals surface area contributed by atoms with Crippen LogP contribution in [0.4, 0.5) is 0 Å². The topological polar surface area (TPSA) is 33.2 Å². The van der Waals surface area contributed by atoms with Gasteiger partial charge in [0, 0.05) is 17.8 Å². The van der Waals surface area contributed by atoms with Crippen LogP contribution >= 0.6 is 11.3 Å². The molecule has 4 heteroatoms. The minimum absolute atomic E-state index is 0.287. The van der Waals surface area contributed by atoms with E-state index in [4.69, 9.17) is 0 Å². The number of hydrogen-bond acceptors (Lipinski definition) is 4. The molecule has 0 saturated heterocycles. The Hall–Kier alpha value is -0.740. The summed E-state index contributed by atoms with van der Waals surface area (Å²) in [6.07, 6.45) is 0.617. The van der Waals surface area contributed by atoms with Crippen molar-refractivity contribution in [3.8, 4) is 0 Å². The monoisotopic (exact) mass is 212 g/mol. The van der Waals surface area contributed by atoms with Crippen LogP contribution in [-0.2, 0) is 11.3 Å². The van der Waals surface area contributed by atoms with Gasteiger partial charge < -0.3 is 0 Å². The molecule has 0 atom stereocenters. The summed E-state index contributed by atoms with van der Waals surface area (Å²) >= 11 is 1.65. The Morgan fingerprint density at radius 2 is 2.36 bits per heavy atom. The first-order valence-electron chi connectivity index (χ1n) is 4.72. The lowest BCUT2D eigenvalue weighted by molar-refractivity contribution is -0.119. The van der Waals surface area contributed by atoms with E-state index < -0.39 is 0 Å². The van der Waals surface area contributed by atoms with E-state index in [-0.39, 0.29) is 5.78 Å². The Bertz CT molecular complexity index is 309. The van der Waals surface area contributed by atoms with Gasteiger partial charge in [-0.15, -0.1) is 11.3 Å². The van der Waals surface area contributed by atoms with Gasteiger partial charge >= 0.3 is 0 Å². The van der Waals surface area contributed by atoms with Crippen molar-refractivity contribution in [2.45, 2.75) is 26.8 Å². The van der Waals surface area contributed by atoms with Crippen LogP contribution in [0.25, 0.3) is 0 Å². The van der Waals surface area contributed by atoms with Crippen molar-refractivity contribution in [1.29, 1.82) is 0 Å². The first kappa shape index (κ1) is 11.3. The van der Waals surface area contributed by atoms with Crippen LogP contribution in [0.3, 0.4) is 0 Å². The number of nitrogens with zero attached hydrogens (tertiary/aromatic N) is 2. The summed E-state index contributed by atoms with van der Waals surface area (Å²) in [6.45, 7) is 5.26. The summed E-state index contributed by atoms with van der Waals surface area (Å²) in [6, 6.07) is 0. The van der Waals surface area contributed by atoms with Gasteiger partial charge in [-0.05, 0) is 14.0 Å². The predicted molar refractivity (Wildman–Crippen MR) is 58.5 cm³/mol. The van der Waals surface area contributed by atoms with Gasteiger partial charge in [0.15, 0.2) is 0 Å². The van der Waals surface area contributed by atoms with Crippen molar-refractivity contribution < 1.29 is 4.79 Å². The smallest absolute Gasteiger partial charge is 0.146 e. The fourth-order valence-electron chi connectivity index (χ4n) is 1.19. The SMILES string of the molecule is CCC(=O)CN(C)Cc1scnc1C. The summed E-state index contributed by atoms with van der Waals surface area (Å²) in [5.74, 6) is 0.287. The largest absolute Gasteiger partial charge is 0.298 e. The molecule has 0 unspecified atom stereocenters. The molecule has 0 radical (unpaired) electrons. The summed E-state index contributed by atoms with van der Waals surface area (Å²) in [5.41, 5.74) is 2.92. The number of carbonyl (C=O) groups is 1. The van der Waals surface area contributed by atoms with Crippen LogP contribution in [0.15, 0.2) is 5.51 Å². The number of thiazole rings is 1. The van der Waals surface area contributed by atoms with Crippen molar-refractivity contribution in [3.05, 3.63) is 16.1 Å². The molecule has 0 N–H and O–H groups in total. The van der Waals surface area contributed by atoms with Crippen molar-refractivity contribution in [1.82, 2.24) is 9.88 Å². The number of Topliss-reactive ketones (excluding diaryl/α,β-unsaturated/α-hetero) is 1. The lowest BCUT2D eigenvalue weighted by Crippen LogP contribution is -2.24. The Morgan fingerprint density at radius 1 is 1.64 bits per heavy atom. The van der Waals surface area contributed by atoms with E-state index in [1.165, 1.54) is 4.88 Å². The third kappa shape index (κ3) is 3.20. The maximum atomic E-state index is 11.2. The van der Waals surface area contributed by atoms with Gasteiger partial charge in [-0.1, -0.05) is 6.92 Å². The standard InChI is InChI=1S/C10H16N2OS/c1-4-9(13)5-12(3)6-10-8(2)11-7-14-10/h7H,4-6H2,1-3H3. The lowest BCUT2D eigenvalue weighted by atomic mass is 10.3. The van der Waals surface area contributed by atoms with Gasteiger partial charge in [0.2, 0.25) is 0 Å². The number of carbonyl (C=O) groups excluding carboxylic acids is 1. The van der Waals surface area contributed by atoms with Gasteiger partial charge in [0.25, 0.3) is 0 Å². The van der Waals surface area contributed by atoms with Crippen molar-refractivity contribution in [3.63, 3.8) is 0 Å². The predicted octanol–water partition coefficient (Wildman–Crippen LogP) is 1.86. The van der Waals surface area contributed by atoms with E-state index in [2.05, 4.69) is 4.98 Å². The lowest BCUT2D eigenvalue weighted by Gasteiger charge is -2.14. The van der Waals surface area contributed by atoms with Crippen LogP contribution in [-0.4, -0.2) is 29.3 Å². The minimum atomic E-state index is 0.287. The van der Waals surface area contributed by atoms with E-state index in [1.54, 1.807) is 11.3 Å². The molecule has 78 valence electrons. The Labute approximate surface area is 88.8 Å². The molecule has 0 fully saturated rings. The van der Waals surface area contributed by atoms with Gasteiger partial charge in [-0.3, -0.25) is 9.69 Å². The zero-order valence-electron chi connectivity index (χ0n) is 8.91. The molecule has 14 heavy (non-hydrogen) atoms. The quantitative estimate of drug-likeness (QED) is 0.747. The van der Waals surface area contributed by atoms with Crippen molar-refractivity contribution in [2.75, 3.05) is 13.6 Å². The van der Waals surface area contributed by atoms with Crippen molar-refractivity contribution >= 4 is 17.1 Å². The maximum Gasteiger partial charge on any atom is 0.146 e. The second kappa shape index (κ2) is 5.22. The number of rotatable bonds is 5. The molecular formula is C10H16N2OS. The highest BCUT2D eigenvalue weighted by Crippen LogP contribution is 2.13. The van der Waals surface area contributed by atoms with Crippen LogP contribution in [0.1, 0.15) is 23.9 Å². The number of likely N-dealkylation sites (N-methyl/N-ethyl adjacent to an activating group) is 1. The average molecular weight is 212 g/mol. The molecule has 0 aliphatic carbocycles. The maximum absolute atomic E-state index is 11.2. The zero-order valence-corrected chi connectivity index (χ0v) is 9.73. The first-order chi connectivity index (χ1) is 6.63. The normalized spacial score (nSPS) is 10.9. The number of hydrogen-bond donors (Lipinski definition) is 0. The van der Waals surface area contributed by atoms with Gasteiger partial charge in [-0.2, -0.15) is 0 Å². The highest BCUT2D eigenvalue weighted by molar-refractivity contribution is 7.09. The molecule has 0 aromatic carbocycles. The Morgan fingerprint density at radius 3 is 2.86 bits per heavy atom. The molecule has 0 bridgehead atoms. The van der Waals surface area contributed by atoms with Crippen LogP contribution in [0.5, 0.6) is 0 Å². The minimum Gasteiger partial charge on any atom is -0.298 e. The number of aryl methyl sites for hydroxylation is 1. The van der Waals surface area contributed by atoms with Gasteiger partial charge in [0.1, 0.15) is 5.78 Å². The molecule has 3 nitrogen and oxygen atoms in total. The molecular weight excluding hydrogens is 196 g/mol. The molecule has 1 aromatic heterocycles. The molecule has 1 rings (SSSR count). The molecule has 0 saturated carbocycles. The fraction of sp³-hybridized carbons (Fsp3) is 0.600. The molecule has 0 spiro atoms. The van der Waals surface area contributed by atoms with Crippen molar-refractivity contribution in [2.24, 2.45) is 0 Å². The van der Waals surface area contributed by atoms with E-state index in [0.29, 0.717) is 13.0 Å². The summed E-state index contributed by atoms with van der Waals surface area (Å²) in [4.78, 5) is 18.6. The van der Waals surface area contributed by atoms with E-state index in [0.717, 1.165) is 12.2 Å². The molecule has 0 aliphatic rings. The zero-order chi connectivity index (χ0) is 10.6. The second-order valence-corrected chi connectivity index (χ2v) is 4.36. The molecule has 1 heterocycles. The van der Waals surface area contributed by atoms with Crippen LogP contribution in [0, 0.1) is 6.92 Å². The highest BCUT2D eigenvalue weighted by atomic mass is 32.1. The summed E-state index contributed by atoms with van der Waals surface area (Å²) in [5, 5.41) is 0. The van der Waals surface area contributed by atoms with E-state index in [1.807, 2.05) is 31.3 Å². The average Bonchev–Trinajstić information content (AvgIpc) is 2.51. The van der Waals surface area contributed by atoms with Gasteiger partial charge in [-0.25, -0.2) is 4.98 Å².